The molecule has 1 aliphatic heterocycles. The molecule has 1 aromatic carbocycles. The molecule has 0 spiro atoms. The topological polar surface area (TPSA) is 69.5 Å². The van der Waals surface area contributed by atoms with Crippen LogP contribution in [-0.4, -0.2) is 40.2 Å². The summed E-state index contributed by atoms with van der Waals surface area (Å²) in [7, 11) is 1.61. The Balaban J connectivity index is 1.78. The van der Waals surface area contributed by atoms with E-state index < -0.39 is 0 Å². The predicted molar refractivity (Wildman–Crippen MR) is 91.0 cm³/mol. The van der Waals surface area contributed by atoms with E-state index in [1.54, 1.807) is 16.8 Å². The predicted octanol–water partition coefficient (Wildman–Crippen LogP) is 2.01. The van der Waals surface area contributed by atoms with Crippen LogP contribution in [0.1, 0.15) is 12.7 Å². The SMILES string of the molecule is C=C(C)CN1C(=O)CSc2nnc(COc3ccc(OC)cc3)n21. The van der Waals surface area contributed by atoms with Crippen LogP contribution in [0.15, 0.2) is 41.6 Å². The molecular formula is C16H18N4O3S. The smallest absolute Gasteiger partial charge is 0.252 e. The first-order chi connectivity index (χ1) is 11.6. The van der Waals surface area contributed by atoms with Gasteiger partial charge in [-0.15, -0.1) is 10.2 Å². The van der Waals surface area contributed by atoms with Gasteiger partial charge in [0.2, 0.25) is 5.16 Å². The molecule has 0 bridgehead atoms. The minimum absolute atomic E-state index is 0.000924. The zero-order chi connectivity index (χ0) is 17.1. The van der Waals surface area contributed by atoms with Crippen molar-refractivity contribution in [3.05, 3.63) is 42.2 Å². The van der Waals surface area contributed by atoms with Crippen molar-refractivity contribution < 1.29 is 14.3 Å². The molecule has 0 atom stereocenters. The molecule has 1 aromatic heterocycles. The van der Waals surface area contributed by atoms with E-state index in [1.165, 1.54) is 11.8 Å². The number of hydrogen-bond donors (Lipinski definition) is 0. The molecule has 0 unspecified atom stereocenters. The molecule has 7 nitrogen and oxygen atoms in total. The summed E-state index contributed by atoms with van der Waals surface area (Å²) in [5.41, 5.74) is 0.886. The molecule has 24 heavy (non-hydrogen) atoms. The fourth-order valence-corrected chi connectivity index (χ4v) is 3.09. The fourth-order valence-electron chi connectivity index (χ4n) is 2.26. The largest absolute Gasteiger partial charge is 0.497 e. The van der Waals surface area contributed by atoms with Crippen LogP contribution in [0.5, 0.6) is 11.5 Å². The zero-order valence-corrected chi connectivity index (χ0v) is 14.4. The van der Waals surface area contributed by atoms with E-state index in [2.05, 4.69) is 16.8 Å². The molecule has 3 rings (SSSR count). The lowest BCUT2D eigenvalue weighted by atomic mass is 10.3. The van der Waals surface area contributed by atoms with Gasteiger partial charge in [0.15, 0.2) is 5.82 Å². The fraction of sp³-hybridized carbons (Fsp3) is 0.312. The second-order valence-corrected chi connectivity index (χ2v) is 6.31. The summed E-state index contributed by atoms with van der Waals surface area (Å²) in [6.45, 7) is 6.40. The average Bonchev–Trinajstić information content (AvgIpc) is 2.99. The highest BCUT2D eigenvalue weighted by molar-refractivity contribution is 7.99. The molecule has 2 aromatic rings. The monoisotopic (exact) mass is 346 g/mol. The Morgan fingerprint density at radius 3 is 2.67 bits per heavy atom. The van der Waals surface area contributed by atoms with Gasteiger partial charge in [0, 0.05) is 0 Å². The third kappa shape index (κ3) is 3.38. The van der Waals surface area contributed by atoms with Gasteiger partial charge in [-0.3, -0.25) is 4.79 Å². The van der Waals surface area contributed by atoms with Crippen LogP contribution < -0.4 is 14.5 Å². The molecule has 0 N–H and O–H groups in total. The second kappa shape index (κ2) is 6.96. The number of carbonyl (C=O) groups is 1. The first kappa shape index (κ1) is 16.4. The molecule has 0 aliphatic carbocycles. The first-order valence-electron chi connectivity index (χ1n) is 7.37. The number of rotatable bonds is 6. The van der Waals surface area contributed by atoms with Gasteiger partial charge in [-0.05, 0) is 31.2 Å². The number of fused-ring (bicyclic) bond motifs is 1. The quantitative estimate of drug-likeness (QED) is 0.745. The van der Waals surface area contributed by atoms with E-state index in [1.807, 2.05) is 31.2 Å². The highest BCUT2D eigenvalue weighted by atomic mass is 32.2. The van der Waals surface area contributed by atoms with Crippen molar-refractivity contribution in [1.82, 2.24) is 14.9 Å². The van der Waals surface area contributed by atoms with E-state index >= 15 is 0 Å². The third-order valence-electron chi connectivity index (χ3n) is 3.38. The summed E-state index contributed by atoms with van der Waals surface area (Å²) >= 11 is 1.37. The number of aromatic nitrogens is 3. The van der Waals surface area contributed by atoms with Crippen LogP contribution in [0.3, 0.4) is 0 Å². The van der Waals surface area contributed by atoms with Crippen molar-refractivity contribution in [2.45, 2.75) is 18.7 Å². The number of nitrogens with zero attached hydrogens (tertiary/aromatic N) is 4. The number of methoxy groups -OCH3 is 1. The minimum atomic E-state index is 0.000924. The van der Waals surface area contributed by atoms with Gasteiger partial charge in [0.1, 0.15) is 18.1 Å². The third-order valence-corrected chi connectivity index (χ3v) is 4.28. The molecule has 8 heteroatoms. The zero-order valence-electron chi connectivity index (χ0n) is 13.6. The van der Waals surface area contributed by atoms with Crippen LogP contribution in [0.2, 0.25) is 0 Å². The normalized spacial score (nSPS) is 13.6. The lowest BCUT2D eigenvalue weighted by Crippen LogP contribution is -2.46. The Labute approximate surface area is 144 Å². The van der Waals surface area contributed by atoms with Crippen LogP contribution in [-0.2, 0) is 11.4 Å². The first-order valence-corrected chi connectivity index (χ1v) is 8.36. The summed E-state index contributed by atoms with van der Waals surface area (Å²) in [5, 5.41) is 10.6. The number of ether oxygens (including phenoxy) is 2. The van der Waals surface area contributed by atoms with Crippen LogP contribution >= 0.6 is 11.8 Å². The van der Waals surface area contributed by atoms with E-state index in [9.17, 15) is 4.79 Å². The number of hydrogen-bond acceptors (Lipinski definition) is 6. The van der Waals surface area contributed by atoms with Crippen molar-refractivity contribution in [3.63, 3.8) is 0 Å². The Morgan fingerprint density at radius 1 is 1.29 bits per heavy atom. The van der Waals surface area contributed by atoms with Crippen molar-refractivity contribution in [1.29, 1.82) is 0 Å². The number of benzene rings is 1. The maximum atomic E-state index is 12.2. The van der Waals surface area contributed by atoms with Crippen LogP contribution in [0, 0.1) is 0 Å². The Bertz CT molecular complexity index is 757. The molecular weight excluding hydrogens is 328 g/mol. The van der Waals surface area contributed by atoms with Gasteiger partial charge < -0.3 is 9.47 Å². The second-order valence-electron chi connectivity index (χ2n) is 5.37. The highest BCUT2D eigenvalue weighted by Crippen LogP contribution is 2.24. The Kier molecular flexibility index (Phi) is 4.75. The molecule has 1 amide bonds. The summed E-state index contributed by atoms with van der Waals surface area (Å²) in [4.78, 5) is 12.2. The van der Waals surface area contributed by atoms with Crippen LogP contribution in [0.4, 0.5) is 0 Å². The van der Waals surface area contributed by atoms with Crippen molar-refractivity contribution in [2.75, 3.05) is 24.4 Å². The van der Waals surface area contributed by atoms with Gasteiger partial charge in [-0.25, -0.2) is 9.69 Å². The van der Waals surface area contributed by atoms with Gasteiger partial charge in [-0.2, -0.15) is 0 Å². The standard InChI is InChI=1S/C16H18N4O3S/c1-11(2)8-19-15(21)10-24-16-18-17-14(20(16)19)9-23-13-6-4-12(22-3)5-7-13/h4-7H,1,8-10H2,2-3H3. The van der Waals surface area contributed by atoms with E-state index in [4.69, 9.17) is 9.47 Å². The molecule has 0 saturated carbocycles. The highest BCUT2D eigenvalue weighted by Gasteiger charge is 2.29. The maximum absolute atomic E-state index is 12.2. The van der Waals surface area contributed by atoms with E-state index in [0.29, 0.717) is 29.0 Å². The molecule has 0 saturated heterocycles. The van der Waals surface area contributed by atoms with Gasteiger partial charge in [0.05, 0.1) is 19.4 Å². The molecule has 1 aliphatic rings. The number of thioether (sulfide) groups is 1. The van der Waals surface area contributed by atoms with Crippen molar-refractivity contribution >= 4 is 17.7 Å². The Morgan fingerprint density at radius 2 is 2.00 bits per heavy atom. The summed E-state index contributed by atoms with van der Waals surface area (Å²) in [5.74, 6) is 2.37. The summed E-state index contributed by atoms with van der Waals surface area (Å²) in [6.07, 6.45) is 0. The van der Waals surface area contributed by atoms with Gasteiger partial charge in [-0.1, -0.05) is 23.9 Å². The maximum Gasteiger partial charge on any atom is 0.252 e. The van der Waals surface area contributed by atoms with E-state index in [-0.39, 0.29) is 12.5 Å². The molecule has 2 heterocycles. The van der Waals surface area contributed by atoms with E-state index in [0.717, 1.165) is 11.3 Å². The summed E-state index contributed by atoms with van der Waals surface area (Å²) < 4.78 is 12.6. The average molecular weight is 346 g/mol. The van der Waals surface area contributed by atoms with Crippen LogP contribution in [0.25, 0.3) is 0 Å². The Hall–Kier alpha value is -2.48. The van der Waals surface area contributed by atoms with Gasteiger partial charge >= 0.3 is 0 Å². The number of amides is 1. The molecule has 126 valence electrons. The lowest BCUT2D eigenvalue weighted by Gasteiger charge is -2.29. The summed E-state index contributed by atoms with van der Waals surface area (Å²) in [6, 6.07) is 7.28. The van der Waals surface area contributed by atoms with Gasteiger partial charge in [0.25, 0.3) is 5.91 Å². The molecule has 0 radical (unpaired) electrons. The lowest BCUT2D eigenvalue weighted by molar-refractivity contribution is -0.118. The van der Waals surface area contributed by atoms with Crippen molar-refractivity contribution in [2.24, 2.45) is 0 Å². The number of carbonyl (C=O) groups excluding carboxylic acids is 1. The minimum Gasteiger partial charge on any atom is -0.497 e. The van der Waals surface area contributed by atoms with Crippen molar-refractivity contribution in [3.8, 4) is 11.5 Å². The molecule has 0 fully saturated rings.